The van der Waals surface area contributed by atoms with Crippen molar-refractivity contribution in [1.82, 2.24) is 15.5 Å². The monoisotopic (exact) mass is 317 g/mol. The normalized spacial score (nSPS) is 12.1. The van der Waals surface area contributed by atoms with Gasteiger partial charge in [-0.25, -0.2) is 0 Å². The van der Waals surface area contributed by atoms with Crippen molar-refractivity contribution in [3.05, 3.63) is 60.1 Å². The van der Waals surface area contributed by atoms with E-state index in [1.54, 1.807) is 6.26 Å². The minimum absolute atomic E-state index is 0.156. The topological polar surface area (TPSA) is 40.4 Å². The smallest absolute Gasteiger partial charge is 0.166 e. The molecule has 0 saturated heterocycles. The van der Waals surface area contributed by atoms with Gasteiger partial charge in [0.25, 0.3) is 0 Å². The molecule has 0 spiro atoms. The van der Waals surface area contributed by atoms with Gasteiger partial charge >= 0.3 is 0 Å². The number of nitrogens with one attached hydrogen (secondary N) is 2. The number of hydrogen-bond acceptors (Lipinski definition) is 3. The first-order chi connectivity index (χ1) is 10.7. The lowest BCUT2D eigenvalue weighted by Gasteiger charge is -2.23. The van der Waals surface area contributed by atoms with Crippen LogP contribution in [0.1, 0.15) is 17.4 Å². The van der Waals surface area contributed by atoms with E-state index >= 15 is 0 Å². The van der Waals surface area contributed by atoms with Gasteiger partial charge in [-0.15, -0.1) is 0 Å². The average Bonchev–Trinajstić information content (AvgIpc) is 3.02. The highest BCUT2D eigenvalue weighted by atomic mass is 32.1. The molecule has 5 heteroatoms. The Morgan fingerprint density at radius 1 is 1.14 bits per heavy atom. The summed E-state index contributed by atoms with van der Waals surface area (Å²) in [5.41, 5.74) is 1.31. The van der Waals surface area contributed by atoms with Crippen LogP contribution < -0.4 is 10.6 Å². The molecule has 0 unspecified atom stereocenters. The summed E-state index contributed by atoms with van der Waals surface area (Å²) in [6, 6.07) is 14.4. The molecule has 0 aliphatic heterocycles. The van der Waals surface area contributed by atoms with Gasteiger partial charge in [0, 0.05) is 13.1 Å². The number of benzene rings is 1. The minimum atomic E-state index is 0.156. The molecule has 1 atom stereocenters. The van der Waals surface area contributed by atoms with E-state index in [0.717, 1.165) is 18.7 Å². The molecule has 0 saturated carbocycles. The van der Waals surface area contributed by atoms with Crippen LogP contribution in [0.15, 0.2) is 53.1 Å². The predicted octanol–water partition coefficient (Wildman–Crippen LogP) is 2.59. The summed E-state index contributed by atoms with van der Waals surface area (Å²) < 4.78 is 5.48. The van der Waals surface area contributed by atoms with Gasteiger partial charge in [-0.05, 0) is 50.4 Å². The number of hydrogen-bond donors (Lipinski definition) is 2. The number of rotatable bonds is 7. The lowest BCUT2D eigenvalue weighted by atomic mass is 10.1. The molecule has 0 amide bonds. The van der Waals surface area contributed by atoms with E-state index in [-0.39, 0.29) is 6.04 Å². The van der Waals surface area contributed by atoms with Gasteiger partial charge in [-0.2, -0.15) is 0 Å². The number of thiocarbonyl (C=S) groups is 1. The highest BCUT2D eigenvalue weighted by Crippen LogP contribution is 2.17. The lowest BCUT2D eigenvalue weighted by Crippen LogP contribution is -2.40. The Bertz CT molecular complexity index is 555. The summed E-state index contributed by atoms with van der Waals surface area (Å²) >= 11 is 5.33. The van der Waals surface area contributed by atoms with Crippen molar-refractivity contribution >= 4 is 17.3 Å². The van der Waals surface area contributed by atoms with E-state index in [2.05, 4.69) is 39.8 Å². The zero-order chi connectivity index (χ0) is 15.8. The van der Waals surface area contributed by atoms with Crippen LogP contribution >= 0.6 is 12.2 Å². The average molecular weight is 317 g/mol. The van der Waals surface area contributed by atoms with Gasteiger partial charge in [0.05, 0.1) is 12.3 Å². The summed E-state index contributed by atoms with van der Waals surface area (Å²) in [6.45, 7) is 1.53. The fourth-order valence-corrected chi connectivity index (χ4v) is 2.42. The third kappa shape index (κ3) is 5.16. The molecular formula is C17H23N3OS. The second-order valence-electron chi connectivity index (χ2n) is 5.37. The van der Waals surface area contributed by atoms with E-state index in [1.165, 1.54) is 5.56 Å². The van der Waals surface area contributed by atoms with Crippen molar-refractivity contribution in [3.8, 4) is 0 Å². The van der Waals surface area contributed by atoms with E-state index in [4.69, 9.17) is 16.6 Å². The van der Waals surface area contributed by atoms with Crippen molar-refractivity contribution in [3.63, 3.8) is 0 Å². The molecule has 22 heavy (non-hydrogen) atoms. The molecule has 0 aliphatic rings. The minimum Gasteiger partial charge on any atom is -0.468 e. The quantitative estimate of drug-likeness (QED) is 0.768. The first-order valence-electron chi connectivity index (χ1n) is 7.42. The molecule has 0 radical (unpaired) electrons. The summed E-state index contributed by atoms with van der Waals surface area (Å²) in [4.78, 5) is 2.11. The molecule has 2 rings (SSSR count). The summed E-state index contributed by atoms with van der Waals surface area (Å²) in [5, 5.41) is 7.17. The van der Waals surface area contributed by atoms with Crippen LogP contribution in [0.3, 0.4) is 0 Å². The van der Waals surface area contributed by atoms with Crippen LogP contribution in [0.2, 0.25) is 0 Å². The maximum absolute atomic E-state index is 5.48. The van der Waals surface area contributed by atoms with Gasteiger partial charge in [-0.1, -0.05) is 30.3 Å². The van der Waals surface area contributed by atoms with Crippen molar-refractivity contribution < 1.29 is 4.42 Å². The fourth-order valence-electron chi connectivity index (χ4n) is 2.24. The van der Waals surface area contributed by atoms with Gasteiger partial charge in [0.1, 0.15) is 5.76 Å². The Kier molecular flexibility index (Phi) is 6.43. The van der Waals surface area contributed by atoms with Gasteiger partial charge in [0.2, 0.25) is 0 Å². The van der Waals surface area contributed by atoms with E-state index in [1.807, 2.05) is 32.3 Å². The Morgan fingerprint density at radius 3 is 2.55 bits per heavy atom. The fraction of sp³-hybridized carbons (Fsp3) is 0.353. The zero-order valence-corrected chi connectivity index (χ0v) is 13.9. The lowest BCUT2D eigenvalue weighted by molar-refractivity contribution is 0.258. The van der Waals surface area contributed by atoms with Crippen LogP contribution in [0.25, 0.3) is 0 Å². The van der Waals surface area contributed by atoms with E-state index in [0.29, 0.717) is 11.7 Å². The maximum atomic E-state index is 5.48. The Morgan fingerprint density at radius 2 is 1.91 bits per heavy atom. The molecular weight excluding hydrogens is 294 g/mol. The molecule has 0 bridgehead atoms. The number of likely N-dealkylation sites (N-methyl/N-ethyl adjacent to an activating group) is 1. The highest BCUT2D eigenvalue weighted by Gasteiger charge is 2.16. The standard InChI is InChI=1S/C17H23N3OS/c1-20(2)15(16-9-6-12-21-16)13-19-17(22)18-11-10-14-7-4-3-5-8-14/h3-9,12,15H,10-11,13H2,1-2H3,(H2,18,19,22)/t15-/m0/s1. The van der Waals surface area contributed by atoms with Gasteiger partial charge in [-0.3, -0.25) is 4.90 Å². The van der Waals surface area contributed by atoms with E-state index in [9.17, 15) is 0 Å². The van der Waals surface area contributed by atoms with Crippen molar-refractivity contribution in [2.45, 2.75) is 12.5 Å². The molecule has 1 aromatic carbocycles. The molecule has 4 nitrogen and oxygen atoms in total. The molecule has 2 aromatic rings. The third-order valence-corrected chi connectivity index (χ3v) is 3.78. The van der Waals surface area contributed by atoms with Gasteiger partial charge in [0.15, 0.2) is 5.11 Å². The predicted molar refractivity (Wildman–Crippen MR) is 93.9 cm³/mol. The first kappa shape index (κ1) is 16.5. The molecule has 1 aromatic heterocycles. The zero-order valence-electron chi connectivity index (χ0n) is 13.1. The van der Waals surface area contributed by atoms with E-state index < -0.39 is 0 Å². The Hall–Kier alpha value is -1.85. The van der Waals surface area contributed by atoms with Crippen molar-refractivity contribution in [2.24, 2.45) is 0 Å². The molecule has 2 N–H and O–H groups in total. The van der Waals surface area contributed by atoms with Gasteiger partial charge < -0.3 is 15.1 Å². The van der Waals surface area contributed by atoms with Crippen LogP contribution in [0.5, 0.6) is 0 Å². The molecule has 118 valence electrons. The Balaban J connectivity index is 1.72. The highest BCUT2D eigenvalue weighted by molar-refractivity contribution is 7.80. The Labute approximate surface area is 137 Å². The third-order valence-electron chi connectivity index (χ3n) is 3.49. The second kappa shape index (κ2) is 8.56. The molecule has 0 fully saturated rings. The van der Waals surface area contributed by atoms with Crippen LogP contribution in [0.4, 0.5) is 0 Å². The first-order valence-corrected chi connectivity index (χ1v) is 7.83. The van der Waals surface area contributed by atoms with Crippen LogP contribution in [-0.2, 0) is 6.42 Å². The van der Waals surface area contributed by atoms with Crippen LogP contribution in [-0.4, -0.2) is 37.2 Å². The van der Waals surface area contributed by atoms with Crippen molar-refractivity contribution in [1.29, 1.82) is 0 Å². The summed E-state index contributed by atoms with van der Waals surface area (Å²) in [5.74, 6) is 0.935. The molecule has 1 heterocycles. The summed E-state index contributed by atoms with van der Waals surface area (Å²) in [6.07, 6.45) is 2.65. The van der Waals surface area contributed by atoms with Crippen molar-refractivity contribution in [2.75, 3.05) is 27.2 Å². The van der Waals surface area contributed by atoms with Crippen LogP contribution in [0, 0.1) is 0 Å². The SMILES string of the molecule is CN(C)[C@@H](CNC(=S)NCCc1ccccc1)c1ccco1. The number of nitrogens with zero attached hydrogens (tertiary/aromatic N) is 1. The second-order valence-corrected chi connectivity index (χ2v) is 5.78. The maximum Gasteiger partial charge on any atom is 0.166 e. The largest absolute Gasteiger partial charge is 0.468 e. The number of furan rings is 1. The summed E-state index contributed by atoms with van der Waals surface area (Å²) in [7, 11) is 4.06. The molecule has 0 aliphatic carbocycles.